The zero-order valence-corrected chi connectivity index (χ0v) is 14.4. The fraction of sp³-hybridized carbons (Fsp3) is 0.400. The van der Waals surface area contributed by atoms with Gasteiger partial charge in [0.25, 0.3) is 0 Å². The van der Waals surface area contributed by atoms with E-state index < -0.39 is 0 Å². The minimum atomic E-state index is 0.241. The van der Waals surface area contributed by atoms with Gasteiger partial charge in [0.2, 0.25) is 0 Å². The molecule has 0 radical (unpaired) electrons. The molecule has 0 aliphatic rings. The minimum Gasteiger partial charge on any atom is -0.506 e. The van der Waals surface area contributed by atoms with E-state index in [1.165, 1.54) is 29.6 Å². The van der Waals surface area contributed by atoms with Crippen LogP contribution < -0.4 is 0 Å². The molecule has 1 heterocycles. The summed E-state index contributed by atoms with van der Waals surface area (Å²) in [5.41, 5.74) is 3.49. The van der Waals surface area contributed by atoms with Gasteiger partial charge in [-0.25, -0.2) is 0 Å². The first-order valence-corrected chi connectivity index (χ1v) is 8.88. The van der Waals surface area contributed by atoms with Gasteiger partial charge in [-0.1, -0.05) is 51.3 Å². The average Bonchev–Trinajstić information content (AvgIpc) is 3.02. The molecule has 0 bridgehead atoms. The predicted molar refractivity (Wildman–Crippen MR) is 97.7 cm³/mol. The summed E-state index contributed by atoms with van der Waals surface area (Å²) < 4.78 is 0. The molecule has 3 rings (SSSR count). The van der Waals surface area contributed by atoms with Gasteiger partial charge in [0.15, 0.2) is 0 Å². The van der Waals surface area contributed by atoms with Gasteiger partial charge in [0.05, 0.1) is 0 Å². The number of rotatable bonds is 7. The van der Waals surface area contributed by atoms with Crippen LogP contribution >= 0.6 is 0 Å². The van der Waals surface area contributed by atoms with Gasteiger partial charge in [0, 0.05) is 0 Å². The third-order valence-corrected chi connectivity index (χ3v) is 4.52. The van der Waals surface area contributed by atoms with Crippen LogP contribution in [0, 0.1) is 0 Å². The van der Waals surface area contributed by atoms with Gasteiger partial charge in [0.1, 0.15) is 22.5 Å². The average molecular weight is 323 g/mol. The van der Waals surface area contributed by atoms with Crippen LogP contribution in [0.5, 0.6) is 5.75 Å². The van der Waals surface area contributed by atoms with E-state index >= 15 is 0 Å². The number of nitrogens with zero attached hydrogens (tertiary/aromatic N) is 3. The Bertz CT molecular complexity index is 777. The molecular formula is C20H25N3O. The largest absolute Gasteiger partial charge is 0.506 e. The molecule has 1 aromatic heterocycles. The van der Waals surface area contributed by atoms with E-state index in [0.717, 1.165) is 23.9 Å². The Morgan fingerprint density at radius 1 is 0.958 bits per heavy atom. The Morgan fingerprint density at radius 3 is 2.25 bits per heavy atom. The van der Waals surface area contributed by atoms with Crippen molar-refractivity contribution in [1.82, 2.24) is 15.0 Å². The Labute approximate surface area is 143 Å². The zero-order valence-electron chi connectivity index (χ0n) is 14.4. The first-order chi connectivity index (χ1) is 11.7. The summed E-state index contributed by atoms with van der Waals surface area (Å²) in [5.74, 6) is 0.755. The van der Waals surface area contributed by atoms with E-state index in [2.05, 4.69) is 30.1 Å². The predicted octanol–water partition coefficient (Wildman–Crippen LogP) is 5.20. The zero-order chi connectivity index (χ0) is 16.9. The molecule has 0 spiro atoms. The summed E-state index contributed by atoms with van der Waals surface area (Å²) >= 11 is 0. The van der Waals surface area contributed by atoms with Crippen molar-refractivity contribution in [2.45, 2.75) is 51.9 Å². The summed E-state index contributed by atoms with van der Waals surface area (Å²) in [6.45, 7) is 4.43. The van der Waals surface area contributed by atoms with Crippen molar-refractivity contribution >= 4 is 11.0 Å². The van der Waals surface area contributed by atoms with Gasteiger partial charge in [-0.3, -0.25) is 0 Å². The maximum absolute atomic E-state index is 10.5. The molecule has 4 nitrogen and oxygen atoms in total. The van der Waals surface area contributed by atoms with Crippen LogP contribution in [0.1, 0.15) is 57.4 Å². The first-order valence-electron chi connectivity index (χ1n) is 8.88. The highest BCUT2D eigenvalue weighted by Gasteiger charge is 2.14. The molecule has 0 amide bonds. The third-order valence-electron chi connectivity index (χ3n) is 4.52. The molecule has 2 aromatic carbocycles. The van der Waals surface area contributed by atoms with Crippen LogP contribution in [0.25, 0.3) is 16.7 Å². The number of aromatic nitrogens is 3. The van der Waals surface area contributed by atoms with E-state index in [9.17, 15) is 5.11 Å². The standard InChI is InChI=1S/C20H25N3O/c1-3-5-9-15(8-4-2)16-12-13-19(20(24)14-16)23-21-17-10-6-7-11-18(17)22-23/h6-7,10-15,24H,3-5,8-9H2,1-2H3. The van der Waals surface area contributed by atoms with E-state index in [1.54, 1.807) is 0 Å². The highest BCUT2D eigenvalue weighted by atomic mass is 16.3. The van der Waals surface area contributed by atoms with Gasteiger partial charge in [-0.05, 0) is 48.6 Å². The molecule has 126 valence electrons. The van der Waals surface area contributed by atoms with Crippen LogP contribution in [-0.2, 0) is 0 Å². The fourth-order valence-electron chi connectivity index (χ4n) is 3.21. The minimum absolute atomic E-state index is 0.241. The number of unbranched alkanes of at least 4 members (excludes halogenated alkanes) is 1. The summed E-state index contributed by atoms with van der Waals surface area (Å²) in [6, 6.07) is 13.6. The SMILES string of the molecule is CCCCC(CCC)c1ccc(-n2nc3ccccc3n2)c(O)c1. The van der Waals surface area contributed by atoms with Crippen LogP contribution in [0.3, 0.4) is 0 Å². The van der Waals surface area contributed by atoms with Crippen molar-refractivity contribution in [3.05, 3.63) is 48.0 Å². The van der Waals surface area contributed by atoms with E-state index in [-0.39, 0.29) is 5.75 Å². The molecule has 0 aliphatic heterocycles. The normalized spacial score (nSPS) is 12.6. The molecule has 1 unspecified atom stereocenters. The van der Waals surface area contributed by atoms with Crippen molar-refractivity contribution in [3.63, 3.8) is 0 Å². The Kier molecular flexibility index (Phi) is 5.14. The Morgan fingerprint density at radius 2 is 1.67 bits per heavy atom. The molecule has 0 saturated heterocycles. The lowest BCUT2D eigenvalue weighted by atomic mass is 9.89. The highest BCUT2D eigenvalue weighted by Crippen LogP contribution is 2.32. The van der Waals surface area contributed by atoms with E-state index in [4.69, 9.17) is 0 Å². The summed E-state index contributed by atoms with van der Waals surface area (Å²) in [5, 5.41) is 19.4. The lowest BCUT2D eigenvalue weighted by Crippen LogP contribution is -2.02. The second-order valence-corrected chi connectivity index (χ2v) is 6.35. The molecular weight excluding hydrogens is 298 g/mol. The van der Waals surface area contributed by atoms with E-state index in [1.807, 2.05) is 36.4 Å². The van der Waals surface area contributed by atoms with Crippen molar-refractivity contribution in [2.24, 2.45) is 0 Å². The summed E-state index contributed by atoms with van der Waals surface area (Å²) in [7, 11) is 0. The molecule has 1 N–H and O–H groups in total. The van der Waals surface area contributed by atoms with Crippen LogP contribution in [0.4, 0.5) is 0 Å². The van der Waals surface area contributed by atoms with Crippen LogP contribution in [-0.4, -0.2) is 20.1 Å². The van der Waals surface area contributed by atoms with Crippen molar-refractivity contribution in [3.8, 4) is 11.4 Å². The second kappa shape index (κ2) is 7.47. The summed E-state index contributed by atoms with van der Waals surface area (Å²) in [6.07, 6.45) is 5.91. The molecule has 0 fully saturated rings. The molecule has 0 saturated carbocycles. The molecule has 3 aromatic rings. The van der Waals surface area contributed by atoms with Crippen LogP contribution in [0.15, 0.2) is 42.5 Å². The smallest absolute Gasteiger partial charge is 0.143 e. The van der Waals surface area contributed by atoms with Crippen molar-refractivity contribution in [2.75, 3.05) is 0 Å². The highest BCUT2D eigenvalue weighted by molar-refractivity contribution is 5.73. The number of fused-ring (bicyclic) bond motifs is 1. The lowest BCUT2D eigenvalue weighted by molar-refractivity contribution is 0.464. The fourth-order valence-corrected chi connectivity index (χ4v) is 3.21. The lowest BCUT2D eigenvalue weighted by Gasteiger charge is -2.17. The van der Waals surface area contributed by atoms with Crippen LogP contribution in [0.2, 0.25) is 0 Å². The number of phenolic OH excluding ortho intramolecular Hbond substituents is 1. The quantitative estimate of drug-likeness (QED) is 0.650. The van der Waals surface area contributed by atoms with Crippen molar-refractivity contribution < 1.29 is 5.11 Å². The number of phenols is 1. The maximum atomic E-state index is 10.5. The van der Waals surface area contributed by atoms with E-state index in [0.29, 0.717) is 11.6 Å². The monoisotopic (exact) mass is 323 g/mol. The second-order valence-electron chi connectivity index (χ2n) is 6.35. The van der Waals surface area contributed by atoms with Crippen molar-refractivity contribution in [1.29, 1.82) is 0 Å². The number of hydrogen-bond acceptors (Lipinski definition) is 3. The van der Waals surface area contributed by atoms with Gasteiger partial charge < -0.3 is 5.11 Å². The molecule has 4 heteroatoms. The molecule has 1 atom stereocenters. The Balaban J connectivity index is 1.90. The molecule has 24 heavy (non-hydrogen) atoms. The van der Waals surface area contributed by atoms with Gasteiger partial charge in [-0.2, -0.15) is 0 Å². The first kappa shape index (κ1) is 16.5. The molecule has 0 aliphatic carbocycles. The summed E-state index contributed by atoms with van der Waals surface area (Å²) in [4.78, 5) is 1.52. The number of benzene rings is 2. The van der Waals surface area contributed by atoms with Gasteiger partial charge >= 0.3 is 0 Å². The van der Waals surface area contributed by atoms with Gasteiger partial charge in [-0.15, -0.1) is 15.0 Å². The third kappa shape index (κ3) is 3.42. The Hall–Kier alpha value is -2.36. The topological polar surface area (TPSA) is 50.9 Å². The number of aromatic hydroxyl groups is 1. The number of hydrogen-bond donors (Lipinski definition) is 1. The maximum Gasteiger partial charge on any atom is 0.143 e.